The highest BCUT2D eigenvalue weighted by atomic mass is 127. The smallest absolute Gasteiger partial charge is 0.248 e. The Morgan fingerprint density at radius 3 is 2.65 bits per heavy atom. The van der Waals surface area contributed by atoms with E-state index in [0.717, 1.165) is 9.26 Å². The number of pyridine rings is 1. The number of nitrogens with two attached hydrogens (primary N) is 1. The van der Waals surface area contributed by atoms with Crippen LogP contribution in [0.25, 0.3) is 5.82 Å². The third-order valence-corrected chi connectivity index (χ3v) is 3.56. The summed E-state index contributed by atoms with van der Waals surface area (Å²) in [6, 6.07) is 13.4. The SMILES string of the molecule is Nc1nc(Nc2ccccc2I)nn1-c1ccccn1. The molecule has 0 radical (unpaired) electrons. The fourth-order valence-corrected chi connectivity index (χ4v) is 2.23. The zero-order valence-electron chi connectivity index (χ0n) is 10.4. The summed E-state index contributed by atoms with van der Waals surface area (Å²) in [6.45, 7) is 0. The van der Waals surface area contributed by atoms with Crippen LogP contribution in [-0.2, 0) is 0 Å². The van der Waals surface area contributed by atoms with Gasteiger partial charge >= 0.3 is 0 Å². The van der Waals surface area contributed by atoms with Crippen molar-refractivity contribution in [2.24, 2.45) is 0 Å². The number of nitrogens with zero attached hydrogens (tertiary/aromatic N) is 4. The van der Waals surface area contributed by atoms with Crippen LogP contribution in [0.5, 0.6) is 0 Å². The van der Waals surface area contributed by atoms with Crippen LogP contribution in [0, 0.1) is 3.57 Å². The maximum Gasteiger partial charge on any atom is 0.248 e. The van der Waals surface area contributed by atoms with Crippen LogP contribution < -0.4 is 11.1 Å². The zero-order valence-corrected chi connectivity index (χ0v) is 12.5. The van der Waals surface area contributed by atoms with Crippen molar-refractivity contribution in [3.8, 4) is 5.82 Å². The van der Waals surface area contributed by atoms with E-state index in [1.807, 2.05) is 42.5 Å². The molecule has 0 aliphatic heterocycles. The number of para-hydroxylation sites is 1. The van der Waals surface area contributed by atoms with Crippen LogP contribution in [0.2, 0.25) is 0 Å². The number of nitrogens with one attached hydrogen (secondary N) is 1. The molecule has 0 bridgehead atoms. The highest BCUT2D eigenvalue weighted by molar-refractivity contribution is 14.1. The van der Waals surface area contributed by atoms with Gasteiger partial charge in [0.2, 0.25) is 11.9 Å². The summed E-state index contributed by atoms with van der Waals surface area (Å²) in [6.07, 6.45) is 1.68. The highest BCUT2D eigenvalue weighted by Gasteiger charge is 2.10. The Morgan fingerprint density at radius 1 is 1.10 bits per heavy atom. The van der Waals surface area contributed by atoms with Gasteiger partial charge in [-0.15, -0.1) is 5.10 Å². The van der Waals surface area contributed by atoms with Gasteiger partial charge in [-0.25, -0.2) is 4.98 Å². The fourth-order valence-electron chi connectivity index (χ4n) is 1.71. The standard InChI is InChI=1S/C13H11IN6/c14-9-5-1-2-6-10(9)17-13-18-12(15)20(19-13)11-7-3-4-8-16-11/h1-8H,(H3,15,17,18,19). The molecule has 0 unspecified atom stereocenters. The van der Waals surface area contributed by atoms with Gasteiger partial charge in [-0.05, 0) is 46.9 Å². The molecule has 3 aromatic rings. The third kappa shape index (κ3) is 2.57. The Balaban J connectivity index is 1.92. The second-order valence-electron chi connectivity index (χ2n) is 4.00. The quantitative estimate of drug-likeness (QED) is 0.685. The molecule has 0 aliphatic rings. The number of nitrogen functional groups attached to an aromatic ring is 1. The van der Waals surface area contributed by atoms with Crippen LogP contribution in [0.15, 0.2) is 48.7 Å². The molecule has 100 valence electrons. The number of rotatable bonds is 3. The first-order chi connectivity index (χ1) is 9.74. The number of halogens is 1. The second kappa shape index (κ2) is 5.45. The molecule has 0 fully saturated rings. The third-order valence-electron chi connectivity index (χ3n) is 2.62. The van der Waals surface area contributed by atoms with Gasteiger partial charge in [0.05, 0.1) is 5.69 Å². The molecule has 0 spiro atoms. The highest BCUT2D eigenvalue weighted by Crippen LogP contribution is 2.21. The van der Waals surface area contributed by atoms with Gasteiger partial charge in [-0.1, -0.05) is 18.2 Å². The molecule has 0 aliphatic carbocycles. The summed E-state index contributed by atoms with van der Waals surface area (Å²) in [7, 11) is 0. The number of hydrogen-bond donors (Lipinski definition) is 2. The predicted molar refractivity (Wildman–Crippen MR) is 86.0 cm³/mol. The lowest BCUT2D eigenvalue weighted by atomic mass is 10.3. The molecule has 7 heteroatoms. The van der Waals surface area contributed by atoms with Gasteiger partial charge in [0.1, 0.15) is 0 Å². The van der Waals surface area contributed by atoms with E-state index in [9.17, 15) is 0 Å². The van der Waals surface area contributed by atoms with Gasteiger partial charge < -0.3 is 11.1 Å². The lowest BCUT2D eigenvalue weighted by Gasteiger charge is -2.03. The number of benzene rings is 1. The van der Waals surface area contributed by atoms with Crippen LogP contribution in [-0.4, -0.2) is 19.7 Å². The van der Waals surface area contributed by atoms with Crippen molar-refractivity contribution in [1.29, 1.82) is 0 Å². The molecule has 0 atom stereocenters. The number of anilines is 3. The Morgan fingerprint density at radius 2 is 1.90 bits per heavy atom. The van der Waals surface area contributed by atoms with Crippen molar-refractivity contribution in [3.63, 3.8) is 0 Å². The average Bonchev–Trinajstić information content (AvgIpc) is 2.83. The summed E-state index contributed by atoms with van der Waals surface area (Å²) in [4.78, 5) is 8.40. The van der Waals surface area contributed by atoms with E-state index < -0.39 is 0 Å². The average molecular weight is 378 g/mol. The Labute approximate surface area is 129 Å². The molecule has 1 aromatic carbocycles. The maximum absolute atomic E-state index is 5.87. The molecular formula is C13H11IN6. The zero-order chi connectivity index (χ0) is 13.9. The molecular weight excluding hydrogens is 367 g/mol. The van der Waals surface area contributed by atoms with Crippen molar-refractivity contribution in [1.82, 2.24) is 19.7 Å². The van der Waals surface area contributed by atoms with E-state index >= 15 is 0 Å². The molecule has 0 amide bonds. The van der Waals surface area contributed by atoms with E-state index in [4.69, 9.17) is 5.73 Å². The van der Waals surface area contributed by atoms with Crippen LogP contribution in [0.3, 0.4) is 0 Å². The van der Waals surface area contributed by atoms with Gasteiger partial charge in [0.15, 0.2) is 5.82 Å². The molecule has 6 nitrogen and oxygen atoms in total. The monoisotopic (exact) mass is 378 g/mol. The molecule has 2 aromatic heterocycles. The lowest BCUT2D eigenvalue weighted by molar-refractivity contribution is 0.859. The van der Waals surface area contributed by atoms with Crippen LogP contribution >= 0.6 is 22.6 Å². The summed E-state index contributed by atoms with van der Waals surface area (Å²) < 4.78 is 2.58. The largest absolute Gasteiger partial charge is 0.368 e. The number of hydrogen-bond acceptors (Lipinski definition) is 5. The van der Waals surface area contributed by atoms with E-state index in [-0.39, 0.29) is 5.95 Å². The topological polar surface area (TPSA) is 81.6 Å². The van der Waals surface area contributed by atoms with Crippen LogP contribution in [0.4, 0.5) is 17.6 Å². The van der Waals surface area contributed by atoms with Crippen molar-refractivity contribution < 1.29 is 0 Å². The number of aromatic nitrogens is 4. The molecule has 0 saturated heterocycles. The van der Waals surface area contributed by atoms with Crippen molar-refractivity contribution in [3.05, 3.63) is 52.2 Å². The molecule has 20 heavy (non-hydrogen) atoms. The van der Waals surface area contributed by atoms with Crippen molar-refractivity contribution in [2.75, 3.05) is 11.1 Å². The van der Waals surface area contributed by atoms with Gasteiger partial charge in [-0.3, -0.25) is 0 Å². The first-order valence-electron chi connectivity index (χ1n) is 5.89. The molecule has 3 rings (SSSR count). The van der Waals surface area contributed by atoms with Gasteiger partial charge in [0, 0.05) is 9.77 Å². The molecule has 2 heterocycles. The maximum atomic E-state index is 5.87. The second-order valence-corrected chi connectivity index (χ2v) is 5.16. The summed E-state index contributed by atoms with van der Waals surface area (Å²) in [5.74, 6) is 1.36. The predicted octanol–water partition coefficient (Wildman–Crippen LogP) is 2.59. The van der Waals surface area contributed by atoms with Crippen molar-refractivity contribution in [2.45, 2.75) is 0 Å². The summed E-state index contributed by atoms with van der Waals surface area (Å²) in [5.41, 5.74) is 6.81. The van der Waals surface area contributed by atoms with E-state index in [2.05, 4.69) is 43.0 Å². The first-order valence-corrected chi connectivity index (χ1v) is 6.97. The van der Waals surface area contributed by atoms with E-state index in [0.29, 0.717) is 11.8 Å². The molecule has 0 saturated carbocycles. The fraction of sp³-hybridized carbons (Fsp3) is 0. The Bertz CT molecular complexity index is 725. The minimum absolute atomic E-state index is 0.289. The van der Waals surface area contributed by atoms with Gasteiger partial charge in [0.25, 0.3) is 0 Å². The van der Waals surface area contributed by atoms with Gasteiger partial charge in [-0.2, -0.15) is 9.67 Å². The van der Waals surface area contributed by atoms with E-state index in [1.165, 1.54) is 4.68 Å². The Kier molecular flexibility index (Phi) is 3.50. The molecule has 3 N–H and O–H groups in total. The van der Waals surface area contributed by atoms with Crippen molar-refractivity contribution >= 4 is 40.2 Å². The normalized spacial score (nSPS) is 10.4. The lowest BCUT2D eigenvalue weighted by Crippen LogP contribution is -2.04. The minimum Gasteiger partial charge on any atom is -0.368 e. The summed E-state index contributed by atoms with van der Waals surface area (Å²) in [5, 5.41) is 7.46. The summed E-state index contributed by atoms with van der Waals surface area (Å²) >= 11 is 2.25. The first kappa shape index (κ1) is 12.9. The van der Waals surface area contributed by atoms with E-state index in [1.54, 1.807) is 6.20 Å². The minimum atomic E-state index is 0.289. The Hall–Kier alpha value is -2.16. The van der Waals surface area contributed by atoms with Crippen LogP contribution in [0.1, 0.15) is 0 Å².